The minimum Gasteiger partial charge on any atom is -0.176 e. The van der Waals surface area contributed by atoms with Crippen molar-refractivity contribution in [2.24, 2.45) is 0 Å². The Hall–Kier alpha value is 0.780. The zero-order chi connectivity index (χ0) is 7.28. The monoisotopic (exact) mass is 164 g/mol. The van der Waals surface area contributed by atoms with Crippen molar-refractivity contribution in [3.8, 4) is 0 Å². The molecule has 0 aliphatic rings. The summed E-state index contributed by atoms with van der Waals surface area (Å²) in [6, 6.07) is 0. The van der Waals surface area contributed by atoms with E-state index in [1.165, 1.54) is 19.3 Å². The first-order valence-corrected chi connectivity index (χ1v) is 4.75. The van der Waals surface area contributed by atoms with E-state index in [-0.39, 0.29) is 0 Å². The molecule has 0 saturated heterocycles. The molecule has 2 heteroatoms. The largest absolute Gasteiger partial charge is 0.176 e. The highest BCUT2D eigenvalue weighted by atomic mass is 32.1. The highest BCUT2D eigenvalue weighted by molar-refractivity contribution is 7.80. The average Bonchev–Trinajstić information content (AvgIpc) is 1.63. The van der Waals surface area contributed by atoms with Gasteiger partial charge in [-0.2, -0.15) is 12.6 Å². The molecule has 0 fully saturated rings. The molecule has 0 spiro atoms. The number of hydrogen-bond acceptors (Lipinski definition) is 1. The molecular weight excluding hydrogens is 147 g/mol. The lowest BCUT2D eigenvalue weighted by molar-refractivity contribution is 0.675. The Morgan fingerprint density at radius 2 is 1.89 bits per heavy atom. The van der Waals surface area contributed by atoms with E-state index < -0.39 is 0 Å². The molecule has 0 rings (SSSR count). The maximum atomic E-state index is 4.29. The van der Waals surface area contributed by atoms with Crippen LogP contribution in [-0.4, -0.2) is 10.9 Å². The third kappa shape index (κ3) is 8.78. The molecule has 0 bridgehead atoms. The van der Waals surface area contributed by atoms with Crippen LogP contribution in [0, 0.1) is 0 Å². The van der Waals surface area contributed by atoms with Crippen LogP contribution in [0.2, 0.25) is 0 Å². The van der Waals surface area contributed by atoms with E-state index in [2.05, 4.69) is 35.7 Å². The topological polar surface area (TPSA) is 0 Å². The van der Waals surface area contributed by atoms with Gasteiger partial charge in [-0.15, -0.1) is 9.24 Å². The van der Waals surface area contributed by atoms with E-state index in [1.54, 1.807) is 0 Å². The van der Waals surface area contributed by atoms with E-state index in [4.69, 9.17) is 0 Å². The molecule has 3 unspecified atom stereocenters. The first kappa shape index (κ1) is 9.78. The quantitative estimate of drug-likeness (QED) is 0.479. The zero-order valence-electron chi connectivity index (χ0n) is 6.30. The van der Waals surface area contributed by atoms with Gasteiger partial charge in [-0.3, -0.25) is 0 Å². The summed E-state index contributed by atoms with van der Waals surface area (Å²) < 4.78 is 0. The third-order valence-electron chi connectivity index (χ3n) is 1.28. The Labute approximate surface area is 66.4 Å². The van der Waals surface area contributed by atoms with Crippen molar-refractivity contribution in [3.05, 3.63) is 0 Å². The first-order chi connectivity index (χ1) is 4.13. The summed E-state index contributed by atoms with van der Waals surface area (Å²) >= 11 is 4.29. The van der Waals surface area contributed by atoms with Crippen LogP contribution in [-0.2, 0) is 0 Å². The molecule has 0 N–H and O–H groups in total. The van der Waals surface area contributed by atoms with Gasteiger partial charge in [-0.1, -0.05) is 20.3 Å². The summed E-state index contributed by atoms with van der Waals surface area (Å²) in [5.41, 5.74) is 0.775. The van der Waals surface area contributed by atoms with Gasteiger partial charge in [0.1, 0.15) is 0 Å². The van der Waals surface area contributed by atoms with Gasteiger partial charge in [0.05, 0.1) is 0 Å². The molecule has 3 atom stereocenters. The molecule has 0 aromatic carbocycles. The summed E-state index contributed by atoms with van der Waals surface area (Å²) in [6.07, 6.45) is 3.88. The summed E-state index contributed by atoms with van der Waals surface area (Å²) in [4.78, 5) is 0. The molecule has 9 heavy (non-hydrogen) atoms. The Bertz CT molecular complexity index is 53.9. The molecule has 0 amide bonds. The standard InChI is InChI=1S/C7H17PS/c1-6(8)4-3-5-7(2)9/h6-7,9H,3-5,8H2,1-2H3. The van der Waals surface area contributed by atoms with Crippen molar-refractivity contribution < 1.29 is 0 Å². The summed E-state index contributed by atoms with van der Waals surface area (Å²) in [5.74, 6) is 0. The Morgan fingerprint density at radius 3 is 2.22 bits per heavy atom. The number of hydrogen-bond donors (Lipinski definition) is 1. The molecule has 0 aliphatic heterocycles. The second kappa shape index (κ2) is 5.56. The summed E-state index contributed by atoms with van der Waals surface area (Å²) in [5, 5.41) is 0.578. The maximum absolute atomic E-state index is 4.29. The first-order valence-electron chi connectivity index (χ1n) is 3.56. The fraction of sp³-hybridized carbons (Fsp3) is 1.00. The van der Waals surface area contributed by atoms with E-state index >= 15 is 0 Å². The molecule has 0 nitrogen and oxygen atoms in total. The van der Waals surface area contributed by atoms with Crippen LogP contribution in [0.5, 0.6) is 0 Å². The van der Waals surface area contributed by atoms with Crippen LogP contribution in [0.1, 0.15) is 33.1 Å². The van der Waals surface area contributed by atoms with Crippen molar-refractivity contribution in [1.29, 1.82) is 0 Å². The van der Waals surface area contributed by atoms with Crippen LogP contribution >= 0.6 is 21.9 Å². The predicted octanol–water partition coefficient (Wildman–Crippen LogP) is 2.74. The van der Waals surface area contributed by atoms with Gasteiger partial charge >= 0.3 is 0 Å². The zero-order valence-corrected chi connectivity index (χ0v) is 8.35. The second-order valence-corrected chi connectivity index (χ2v) is 4.78. The van der Waals surface area contributed by atoms with Crippen molar-refractivity contribution in [3.63, 3.8) is 0 Å². The van der Waals surface area contributed by atoms with E-state index in [0.29, 0.717) is 5.25 Å². The molecule has 0 aliphatic carbocycles. The van der Waals surface area contributed by atoms with E-state index in [0.717, 1.165) is 5.66 Å². The highest BCUT2D eigenvalue weighted by Gasteiger charge is 1.96. The van der Waals surface area contributed by atoms with Crippen LogP contribution < -0.4 is 0 Å². The van der Waals surface area contributed by atoms with E-state index in [9.17, 15) is 0 Å². The molecule has 0 heterocycles. The van der Waals surface area contributed by atoms with Crippen LogP contribution in [0.4, 0.5) is 0 Å². The van der Waals surface area contributed by atoms with Gasteiger partial charge < -0.3 is 0 Å². The fourth-order valence-electron chi connectivity index (χ4n) is 0.735. The minimum absolute atomic E-state index is 0.578. The van der Waals surface area contributed by atoms with Crippen LogP contribution in [0.15, 0.2) is 0 Å². The van der Waals surface area contributed by atoms with Crippen molar-refractivity contribution in [2.45, 2.75) is 44.0 Å². The minimum atomic E-state index is 0.578. The smallest absolute Gasteiger partial charge is 0.00116 e. The normalized spacial score (nSPS) is 17.3. The lowest BCUT2D eigenvalue weighted by Gasteiger charge is -2.05. The molecule has 56 valence electrons. The molecular formula is C7H17PS. The van der Waals surface area contributed by atoms with Crippen molar-refractivity contribution in [2.75, 3.05) is 0 Å². The Kier molecular flexibility index (Phi) is 6.04. The maximum Gasteiger partial charge on any atom is -0.00116 e. The second-order valence-electron chi connectivity index (χ2n) is 2.76. The molecule has 0 aromatic rings. The van der Waals surface area contributed by atoms with Gasteiger partial charge in [0.2, 0.25) is 0 Å². The highest BCUT2D eigenvalue weighted by Crippen LogP contribution is 2.11. The van der Waals surface area contributed by atoms with Gasteiger partial charge in [-0.05, 0) is 23.8 Å². The van der Waals surface area contributed by atoms with Gasteiger partial charge in [0.15, 0.2) is 0 Å². The molecule has 0 aromatic heterocycles. The Balaban J connectivity index is 2.91. The van der Waals surface area contributed by atoms with Crippen LogP contribution in [0.25, 0.3) is 0 Å². The fourth-order valence-corrected chi connectivity index (χ4v) is 1.15. The van der Waals surface area contributed by atoms with Crippen molar-refractivity contribution >= 4 is 21.9 Å². The predicted molar refractivity (Wildman–Crippen MR) is 51.5 cm³/mol. The van der Waals surface area contributed by atoms with Crippen LogP contribution in [0.3, 0.4) is 0 Å². The van der Waals surface area contributed by atoms with Gasteiger partial charge in [0.25, 0.3) is 0 Å². The number of thiol groups is 1. The molecule has 0 radical (unpaired) electrons. The lowest BCUT2D eigenvalue weighted by atomic mass is 10.2. The molecule has 0 saturated carbocycles. The van der Waals surface area contributed by atoms with E-state index in [1.807, 2.05) is 0 Å². The average molecular weight is 164 g/mol. The number of rotatable bonds is 4. The summed E-state index contributed by atoms with van der Waals surface area (Å²) in [6.45, 7) is 4.38. The third-order valence-corrected chi connectivity index (χ3v) is 1.87. The Morgan fingerprint density at radius 1 is 1.33 bits per heavy atom. The lowest BCUT2D eigenvalue weighted by Crippen LogP contribution is -1.94. The van der Waals surface area contributed by atoms with Crippen molar-refractivity contribution in [1.82, 2.24) is 0 Å². The van der Waals surface area contributed by atoms with Gasteiger partial charge in [-0.25, -0.2) is 0 Å². The van der Waals surface area contributed by atoms with Gasteiger partial charge in [0, 0.05) is 0 Å². The summed E-state index contributed by atoms with van der Waals surface area (Å²) in [7, 11) is 2.81. The SMILES string of the molecule is CC(P)CCCC(C)S.